The molecule has 0 bridgehead atoms. The SMILES string of the molecule is CCCC(CCC)(COCc1ccccc1)[C@@H]1C=CC[C@H](C)O1. The summed E-state index contributed by atoms with van der Waals surface area (Å²) >= 11 is 0. The Hall–Kier alpha value is -1.12. The van der Waals surface area contributed by atoms with Crippen molar-refractivity contribution in [2.24, 2.45) is 5.41 Å². The van der Waals surface area contributed by atoms with Gasteiger partial charge in [0, 0.05) is 5.41 Å². The van der Waals surface area contributed by atoms with Gasteiger partial charge < -0.3 is 9.47 Å². The number of benzene rings is 1. The predicted molar refractivity (Wildman–Crippen MR) is 96.4 cm³/mol. The predicted octanol–water partition coefficient (Wildman–Crippen LogP) is 5.52. The Kier molecular flexibility index (Phi) is 7.32. The molecular formula is C21H32O2. The van der Waals surface area contributed by atoms with Crippen LogP contribution in [0.4, 0.5) is 0 Å². The average molecular weight is 316 g/mol. The van der Waals surface area contributed by atoms with Crippen molar-refractivity contribution in [1.29, 1.82) is 0 Å². The molecule has 128 valence electrons. The fraction of sp³-hybridized carbons (Fsp3) is 0.619. The van der Waals surface area contributed by atoms with Gasteiger partial charge in [0.05, 0.1) is 25.4 Å². The van der Waals surface area contributed by atoms with Gasteiger partial charge in [-0.2, -0.15) is 0 Å². The Balaban J connectivity index is 2.05. The van der Waals surface area contributed by atoms with Gasteiger partial charge in [-0.25, -0.2) is 0 Å². The molecule has 0 aromatic heterocycles. The van der Waals surface area contributed by atoms with Gasteiger partial charge in [-0.15, -0.1) is 0 Å². The largest absolute Gasteiger partial charge is 0.376 e. The highest BCUT2D eigenvalue weighted by Crippen LogP contribution is 2.39. The van der Waals surface area contributed by atoms with E-state index >= 15 is 0 Å². The summed E-state index contributed by atoms with van der Waals surface area (Å²) in [7, 11) is 0. The van der Waals surface area contributed by atoms with Gasteiger partial charge in [0.2, 0.25) is 0 Å². The first-order valence-corrected chi connectivity index (χ1v) is 9.14. The van der Waals surface area contributed by atoms with Gasteiger partial charge in [-0.1, -0.05) is 69.2 Å². The van der Waals surface area contributed by atoms with E-state index in [0.29, 0.717) is 12.7 Å². The minimum absolute atomic E-state index is 0.101. The third-order valence-electron chi connectivity index (χ3n) is 4.76. The smallest absolute Gasteiger partial charge is 0.0837 e. The Labute approximate surface area is 141 Å². The standard InChI is InChI=1S/C21H32O2/c1-4-14-21(15-5-2,20-13-9-10-18(3)23-20)17-22-16-19-11-7-6-8-12-19/h6-9,11-13,18,20H,4-5,10,14-17H2,1-3H3/t18-,20-/m0/s1. The first kappa shape index (κ1) is 18.2. The number of hydrogen-bond donors (Lipinski definition) is 0. The zero-order chi connectivity index (χ0) is 16.5. The highest BCUT2D eigenvalue weighted by molar-refractivity contribution is 5.13. The Bertz CT molecular complexity index is 460. The lowest BCUT2D eigenvalue weighted by molar-refractivity contribution is -0.0998. The van der Waals surface area contributed by atoms with Crippen molar-refractivity contribution in [3.05, 3.63) is 48.0 Å². The first-order chi connectivity index (χ1) is 11.2. The van der Waals surface area contributed by atoms with E-state index in [9.17, 15) is 0 Å². The first-order valence-electron chi connectivity index (χ1n) is 9.14. The molecule has 1 aromatic carbocycles. The van der Waals surface area contributed by atoms with Gasteiger partial charge in [0.1, 0.15) is 0 Å². The fourth-order valence-electron chi connectivity index (χ4n) is 3.67. The van der Waals surface area contributed by atoms with Gasteiger partial charge in [0.15, 0.2) is 0 Å². The van der Waals surface area contributed by atoms with Gasteiger partial charge in [0.25, 0.3) is 0 Å². The van der Waals surface area contributed by atoms with Crippen molar-refractivity contribution in [3.63, 3.8) is 0 Å². The van der Waals surface area contributed by atoms with Crippen LogP contribution in [0.1, 0.15) is 58.4 Å². The van der Waals surface area contributed by atoms with Crippen LogP contribution < -0.4 is 0 Å². The van der Waals surface area contributed by atoms with Crippen molar-refractivity contribution in [2.75, 3.05) is 6.61 Å². The lowest BCUT2D eigenvalue weighted by Gasteiger charge is -2.41. The van der Waals surface area contributed by atoms with Crippen LogP contribution in [-0.4, -0.2) is 18.8 Å². The second-order valence-electron chi connectivity index (χ2n) is 6.87. The molecule has 0 N–H and O–H groups in total. The lowest BCUT2D eigenvalue weighted by Crippen LogP contribution is -2.43. The van der Waals surface area contributed by atoms with E-state index in [2.05, 4.69) is 57.2 Å². The van der Waals surface area contributed by atoms with Gasteiger partial charge >= 0.3 is 0 Å². The molecule has 2 atom stereocenters. The second kappa shape index (κ2) is 9.24. The number of hydrogen-bond acceptors (Lipinski definition) is 2. The highest BCUT2D eigenvalue weighted by atomic mass is 16.5. The minimum atomic E-state index is 0.101. The molecule has 0 saturated heterocycles. The van der Waals surface area contributed by atoms with Crippen LogP contribution in [0.15, 0.2) is 42.5 Å². The Morgan fingerprint density at radius 2 is 1.83 bits per heavy atom. The molecule has 2 heteroatoms. The molecule has 0 amide bonds. The summed E-state index contributed by atoms with van der Waals surface area (Å²) in [4.78, 5) is 0. The molecule has 0 spiro atoms. The molecule has 1 aliphatic heterocycles. The Morgan fingerprint density at radius 1 is 1.13 bits per heavy atom. The summed E-state index contributed by atoms with van der Waals surface area (Å²) < 4.78 is 12.5. The van der Waals surface area contributed by atoms with E-state index in [-0.39, 0.29) is 11.5 Å². The zero-order valence-electron chi connectivity index (χ0n) is 15.0. The minimum Gasteiger partial charge on any atom is -0.376 e. The molecule has 0 aliphatic carbocycles. The molecule has 1 aliphatic rings. The summed E-state index contributed by atoms with van der Waals surface area (Å²) in [6, 6.07) is 10.4. The topological polar surface area (TPSA) is 18.5 Å². The molecule has 0 fully saturated rings. The summed E-state index contributed by atoms with van der Waals surface area (Å²) in [5.74, 6) is 0. The highest BCUT2D eigenvalue weighted by Gasteiger charge is 2.38. The molecule has 23 heavy (non-hydrogen) atoms. The van der Waals surface area contributed by atoms with Crippen LogP contribution in [0.3, 0.4) is 0 Å². The fourth-order valence-corrected chi connectivity index (χ4v) is 3.67. The van der Waals surface area contributed by atoms with E-state index in [4.69, 9.17) is 9.47 Å². The average Bonchev–Trinajstić information content (AvgIpc) is 2.56. The Morgan fingerprint density at radius 3 is 2.43 bits per heavy atom. The monoisotopic (exact) mass is 316 g/mol. The molecule has 1 aromatic rings. The zero-order valence-corrected chi connectivity index (χ0v) is 15.0. The summed E-state index contributed by atoms with van der Waals surface area (Å²) in [6.07, 6.45) is 10.7. The normalized spacial score (nSPS) is 21.5. The maximum Gasteiger partial charge on any atom is 0.0837 e. The van der Waals surface area contributed by atoms with Crippen molar-refractivity contribution in [2.45, 2.75) is 71.7 Å². The van der Waals surface area contributed by atoms with Crippen molar-refractivity contribution >= 4 is 0 Å². The van der Waals surface area contributed by atoms with Crippen LogP contribution in [0.5, 0.6) is 0 Å². The third kappa shape index (κ3) is 5.19. The van der Waals surface area contributed by atoms with Crippen molar-refractivity contribution < 1.29 is 9.47 Å². The van der Waals surface area contributed by atoms with E-state index in [1.807, 2.05) is 6.07 Å². The van der Waals surface area contributed by atoms with Crippen LogP contribution in [0.2, 0.25) is 0 Å². The maximum atomic E-state index is 6.29. The van der Waals surface area contributed by atoms with E-state index in [1.165, 1.54) is 5.56 Å². The molecule has 2 rings (SSSR count). The number of rotatable bonds is 9. The van der Waals surface area contributed by atoms with E-state index in [0.717, 1.165) is 38.7 Å². The van der Waals surface area contributed by atoms with Crippen LogP contribution in [0, 0.1) is 5.41 Å². The summed E-state index contributed by atoms with van der Waals surface area (Å²) in [5.41, 5.74) is 1.34. The quantitative estimate of drug-likeness (QED) is 0.558. The number of ether oxygens (including phenoxy) is 2. The molecular weight excluding hydrogens is 284 g/mol. The van der Waals surface area contributed by atoms with Crippen LogP contribution >= 0.6 is 0 Å². The van der Waals surface area contributed by atoms with Crippen LogP contribution in [-0.2, 0) is 16.1 Å². The van der Waals surface area contributed by atoms with Crippen LogP contribution in [0.25, 0.3) is 0 Å². The van der Waals surface area contributed by atoms with Crippen molar-refractivity contribution in [3.8, 4) is 0 Å². The maximum absolute atomic E-state index is 6.29. The molecule has 1 heterocycles. The summed E-state index contributed by atoms with van der Waals surface area (Å²) in [6.45, 7) is 8.15. The molecule has 0 saturated carbocycles. The van der Waals surface area contributed by atoms with Crippen molar-refractivity contribution in [1.82, 2.24) is 0 Å². The molecule has 2 nitrogen and oxygen atoms in total. The van der Waals surface area contributed by atoms with Gasteiger partial charge in [-0.3, -0.25) is 0 Å². The van der Waals surface area contributed by atoms with E-state index < -0.39 is 0 Å². The molecule has 0 radical (unpaired) electrons. The molecule has 0 unspecified atom stereocenters. The van der Waals surface area contributed by atoms with E-state index in [1.54, 1.807) is 0 Å². The van der Waals surface area contributed by atoms with Gasteiger partial charge in [-0.05, 0) is 31.7 Å². The third-order valence-corrected chi connectivity index (χ3v) is 4.76. The lowest BCUT2D eigenvalue weighted by atomic mass is 9.74. The summed E-state index contributed by atoms with van der Waals surface area (Å²) in [5, 5.41) is 0. The second-order valence-corrected chi connectivity index (χ2v) is 6.87.